The lowest BCUT2D eigenvalue weighted by Crippen LogP contribution is -2.24. The smallest absolute Gasteiger partial charge is 0.257 e. The van der Waals surface area contributed by atoms with E-state index in [2.05, 4.69) is 10.3 Å². The molecule has 5 heteroatoms. The summed E-state index contributed by atoms with van der Waals surface area (Å²) >= 11 is 0. The zero-order valence-corrected chi connectivity index (χ0v) is 13.0. The molecule has 1 N–H and O–H groups in total. The first kappa shape index (κ1) is 15.7. The van der Waals surface area contributed by atoms with Crippen LogP contribution in [0.1, 0.15) is 28.5 Å². The summed E-state index contributed by atoms with van der Waals surface area (Å²) in [5.74, 6) is -0.241. The monoisotopic (exact) mass is 297 g/mol. The highest BCUT2D eigenvalue weighted by atomic mass is 16.2. The fraction of sp³-hybridized carbons (Fsp3) is 0.235. The molecule has 2 rings (SSSR count). The predicted molar refractivity (Wildman–Crippen MR) is 85.5 cm³/mol. The summed E-state index contributed by atoms with van der Waals surface area (Å²) in [7, 11) is 1.73. The standard InChI is InChI=1S/C17H19N3O2/c1-12-8-9-14(10-18-12)17(22)19-16-7-5-4-6-15(16)11-20(3)13(2)21/h4-10H,11H2,1-3H3,(H,19,22). The molecule has 0 aliphatic rings. The van der Waals surface area contributed by atoms with Gasteiger partial charge in [0.2, 0.25) is 5.91 Å². The molecule has 0 radical (unpaired) electrons. The Balaban J connectivity index is 2.17. The summed E-state index contributed by atoms with van der Waals surface area (Å²) < 4.78 is 0. The number of nitrogens with zero attached hydrogens (tertiary/aromatic N) is 2. The third kappa shape index (κ3) is 3.91. The highest BCUT2D eigenvalue weighted by Gasteiger charge is 2.11. The molecule has 0 aliphatic heterocycles. The van der Waals surface area contributed by atoms with Crippen LogP contribution in [0.4, 0.5) is 5.69 Å². The van der Waals surface area contributed by atoms with Crippen LogP contribution in [0.3, 0.4) is 0 Å². The van der Waals surface area contributed by atoms with Gasteiger partial charge in [0.15, 0.2) is 0 Å². The molecule has 2 aromatic rings. The normalized spacial score (nSPS) is 10.1. The highest BCUT2D eigenvalue weighted by Crippen LogP contribution is 2.18. The summed E-state index contributed by atoms with van der Waals surface area (Å²) in [6.45, 7) is 3.83. The average Bonchev–Trinajstić information content (AvgIpc) is 2.49. The van der Waals surface area contributed by atoms with Crippen LogP contribution in [-0.2, 0) is 11.3 Å². The first-order valence-electron chi connectivity index (χ1n) is 7.01. The summed E-state index contributed by atoms with van der Waals surface area (Å²) in [6.07, 6.45) is 1.55. The van der Waals surface area contributed by atoms with Gasteiger partial charge in [0.05, 0.1) is 5.56 Å². The Bertz CT molecular complexity index is 681. The van der Waals surface area contributed by atoms with E-state index >= 15 is 0 Å². The Labute approximate surface area is 130 Å². The molecule has 1 aromatic carbocycles. The molecule has 0 saturated carbocycles. The van der Waals surface area contributed by atoms with E-state index in [-0.39, 0.29) is 11.8 Å². The van der Waals surface area contributed by atoms with Gasteiger partial charge in [-0.15, -0.1) is 0 Å². The minimum atomic E-state index is -0.217. The van der Waals surface area contributed by atoms with Gasteiger partial charge < -0.3 is 10.2 Å². The third-order valence-corrected chi connectivity index (χ3v) is 3.38. The third-order valence-electron chi connectivity index (χ3n) is 3.38. The molecular formula is C17H19N3O2. The van der Waals surface area contributed by atoms with Gasteiger partial charge >= 0.3 is 0 Å². The Morgan fingerprint density at radius 1 is 1.18 bits per heavy atom. The van der Waals surface area contributed by atoms with Crippen LogP contribution in [0.15, 0.2) is 42.6 Å². The topological polar surface area (TPSA) is 62.3 Å². The number of anilines is 1. The van der Waals surface area contributed by atoms with Crippen LogP contribution in [0.5, 0.6) is 0 Å². The number of carbonyl (C=O) groups is 2. The van der Waals surface area contributed by atoms with Crippen molar-refractivity contribution in [3.63, 3.8) is 0 Å². The summed E-state index contributed by atoms with van der Waals surface area (Å²) in [6, 6.07) is 11.0. The van der Waals surface area contributed by atoms with Gasteiger partial charge in [-0.3, -0.25) is 14.6 Å². The predicted octanol–water partition coefficient (Wildman–Crippen LogP) is 2.62. The largest absolute Gasteiger partial charge is 0.342 e. The maximum atomic E-state index is 12.3. The van der Waals surface area contributed by atoms with Gasteiger partial charge in [-0.25, -0.2) is 0 Å². The van der Waals surface area contributed by atoms with E-state index in [1.165, 1.54) is 6.92 Å². The Hall–Kier alpha value is -2.69. The molecule has 22 heavy (non-hydrogen) atoms. The molecular weight excluding hydrogens is 278 g/mol. The Morgan fingerprint density at radius 2 is 1.91 bits per heavy atom. The maximum Gasteiger partial charge on any atom is 0.257 e. The number of nitrogens with one attached hydrogen (secondary N) is 1. The second kappa shape index (κ2) is 6.85. The van der Waals surface area contributed by atoms with Crippen molar-refractivity contribution in [3.8, 4) is 0 Å². The van der Waals surface area contributed by atoms with Gasteiger partial charge in [-0.2, -0.15) is 0 Å². The van der Waals surface area contributed by atoms with Crippen molar-refractivity contribution >= 4 is 17.5 Å². The van der Waals surface area contributed by atoms with E-state index in [1.54, 1.807) is 30.3 Å². The van der Waals surface area contributed by atoms with Gasteiger partial charge in [0.25, 0.3) is 5.91 Å². The van der Waals surface area contributed by atoms with Gasteiger partial charge in [0, 0.05) is 38.1 Å². The molecule has 0 saturated heterocycles. The Morgan fingerprint density at radius 3 is 2.55 bits per heavy atom. The Kier molecular flexibility index (Phi) is 4.88. The van der Waals surface area contributed by atoms with Crippen molar-refractivity contribution < 1.29 is 9.59 Å². The second-order valence-corrected chi connectivity index (χ2v) is 5.17. The number of aryl methyl sites for hydroxylation is 1. The lowest BCUT2D eigenvalue weighted by molar-refractivity contribution is -0.128. The van der Waals surface area contributed by atoms with Crippen LogP contribution in [-0.4, -0.2) is 28.7 Å². The van der Waals surface area contributed by atoms with Crippen LogP contribution < -0.4 is 5.32 Å². The van der Waals surface area contributed by atoms with Crippen LogP contribution in [0.25, 0.3) is 0 Å². The van der Waals surface area contributed by atoms with E-state index in [0.717, 1.165) is 11.3 Å². The van der Waals surface area contributed by atoms with E-state index < -0.39 is 0 Å². The van der Waals surface area contributed by atoms with E-state index in [1.807, 2.05) is 31.2 Å². The average molecular weight is 297 g/mol. The minimum absolute atomic E-state index is 0.0242. The van der Waals surface area contributed by atoms with Gasteiger partial charge in [-0.05, 0) is 30.7 Å². The SMILES string of the molecule is CC(=O)N(C)Cc1ccccc1NC(=O)c1ccc(C)nc1. The van der Waals surface area contributed by atoms with Crippen molar-refractivity contribution in [1.29, 1.82) is 0 Å². The van der Waals surface area contributed by atoms with Gasteiger partial charge in [-0.1, -0.05) is 18.2 Å². The van der Waals surface area contributed by atoms with E-state index in [4.69, 9.17) is 0 Å². The number of aromatic nitrogens is 1. The quantitative estimate of drug-likeness (QED) is 0.943. The molecule has 5 nitrogen and oxygen atoms in total. The number of carbonyl (C=O) groups excluding carboxylic acids is 2. The van der Waals surface area contributed by atoms with Crippen molar-refractivity contribution in [2.45, 2.75) is 20.4 Å². The van der Waals surface area contributed by atoms with Crippen LogP contribution >= 0.6 is 0 Å². The number of pyridine rings is 1. The molecule has 2 amide bonds. The maximum absolute atomic E-state index is 12.3. The zero-order valence-electron chi connectivity index (χ0n) is 13.0. The molecule has 0 unspecified atom stereocenters. The van der Waals surface area contributed by atoms with Crippen molar-refractivity contribution in [2.75, 3.05) is 12.4 Å². The van der Waals surface area contributed by atoms with Crippen molar-refractivity contribution in [2.24, 2.45) is 0 Å². The first-order chi connectivity index (χ1) is 10.5. The lowest BCUT2D eigenvalue weighted by atomic mass is 10.1. The molecule has 0 aliphatic carbocycles. The summed E-state index contributed by atoms with van der Waals surface area (Å²) in [4.78, 5) is 29.3. The van der Waals surface area contributed by atoms with Crippen LogP contribution in [0.2, 0.25) is 0 Å². The number of hydrogen-bond acceptors (Lipinski definition) is 3. The molecule has 0 bridgehead atoms. The molecule has 1 heterocycles. The zero-order chi connectivity index (χ0) is 16.1. The highest BCUT2D eigenvalue weighted by molar-refractivity contribution is 6.04. The fourth-order valence-electron chi connectivity index (χ4n) is 1.94. The fourth-order valence-corrected chi connectivity index (χ4v) is 1.94. The van der Waals surface area contributed by atoms with E-state index in [0.29, 0.717) is 17.8 Å². The number of para-hydroxylation sites is 1. The van der Waals surface area contributed by atoms with E-state index in [9.17, 15) is 9.59 Å². The molecule has 0 atom stereocenters. The van der Waals surface area contributed by atoms with Crippen LogP contribution in [0, 0.1) is 6.92 Å². The summed E-state index contributed by atoms with van der Waals surface area (Å²) in [5, 5.41) is 2.87. The number of benzene rings is 1. The first-order valence-corrected chi connectivity index (χ1v) is 7.01. The lowest BCUT2D eigenvalue weighted by Gasteiger charge is -2.17. The molecule has 114 valence electrons. The molecule has 1 aromatic heterocycles. The number of rotatable bonds is 4. The van der Waals surface area contributed by atoms with Crippen molar-refractivity contribution in [1.82, 2.24) is 9.88 Å². The molecule has 0 fully saturated rings. The van der Waals surface area contributed by atoms with Crippen molar-refractivity contribution in [3.05, 3.63) is 59.4 Å². The number of amides is 2. The van der Waals surface area contributed by atoms with Gasteiger partial charge in [0.1, 0.15) is 0 Å². The summed E-state index contributed by atoms with van der Waals surface area (Å²) in [5.41, 5.74) is 2.94. The minimum Gasteiger partial charge on any atom is -0.342 e. The number of hydrogen-bond donors (Lipinski definition) is 1. The second-order valence-electron chi connectivity index (χ2n) is 5.17. The molecule has 0 spiro atoms.